The molecule has 1 N–H and O–H groups in total. The van der Waals surface area contributed by atoms with E-state index in [0.717, 1.165) is 16.3 Å². The average molecular weight is 389 g/mol. The molecular formula is C17H10F3N5OS. The largest absolute Gasteiger partial charge is 0.573 e. The molecule has 0 bridgehead atoms. The summed E-state index contributed by atoms with van der Waals surface area (Å²) in [6.07, 6.45) is -3.17. The first-order chi connectivity index (χ1) is 12.8. The Labute approximate surface area is 154 Å². The molecule has 0 atom stereocenters. The maximum atomic E-state index is 12.7. The minimum atomic E-state index is -4.84. The Morgan fingerprint density at radius 1 is 1.22 bits per heavy atom. The van der Waals surface area contributed by atoms with Crippen molar-refractivity contribution >= 4 is 49.1 Å². The number of hydrogen-bond acceptors (Lipinski definition) is 5. The van der Waals surface area contributed by atoms with Gasteiger partial charge in [0.2, 0.25) is 0 Å². The van der Waals surface area contributed by atoms with Crippen molar-refractivity contribution in [1.29, 1.82) is 0 Å². The normalized spacial score (nSPS) is 11.7. The number of anilines is 2. The standard InChI is InChI=1S/C17H10F3N5OS/c1-21-9-3-5-12(26-17(18,19)20)10(7-9)23-16-24-15-13(27-16)6-4-11-14(15)22-8-25(11)2/h3-8H,2H3,(H,23,24). The van der Waals surface area contributed by atoms with Crippen LogP contribution in [0.4, 0.5) is 29.7 Å². The quantitative estimate of drug-likeness (QED) is 0.478. The predicted molar refractivity (Wildman–Crippen MR) is 96.6 cm³/mol. The van der Waals surface area contributed by atoms with E-state index in [1.807, 2.05) is 23.7 Å². The van der Waals surface area contributed by atoms with Crippen LogP contribution in [0.3, 0.4) is 0 Å². The van der Waals surface area contributed by atoms with Gasteiger partial charge >= 0.3 is 6.36 Å². The third kappa shape index (κ3) is 3.24. The van der Waals surface area contributed by atoms with Crippen molar-refractivity contribution in [2.45, 2.75) is 6.36 Å². The maximum Gasteiger partial charge on any atom is 0.573 e. The number of hydrogen-bond donors (Lipinski definition) is 1. The van der Waals surface area contributed by atoms with E-state index in [9.17, 15) is 13.2 Å². The molecule has 0 spiro atoms. The average Bonchev–Trinajstić information content (AvgIpc) is 3.18. The van der Waals surface area contributed by atoms with E-state index < -0.39 is 12.1 Å². The predicted octanol–water partition coefficient (Wildman–Crippen LogP) is 5.38. The van der Waals surface area contributed by atoms with Gasteiger partial charge in [-0.25, -0.2) is 14.8 Å². The highest BCUT2D eigenvalue weighted by Gasteiger charge is 2.32. The molecule has 0 unspecified atom stereocenters. The van der Waals surface area contributed by atoms with E-state index in [1.54, 1.807) is 6.33 Å². The zero-order chi connectivity index (χ0) is 19.2. The highest BCUT2D eigenvalue weighted by Crippen LogP contribution is 2.38. The molecule has 136 valence electrons. The molecule has 2 heterocycles. The fourth-order valence-corrected chi connectivity index (χ4v) is 3.54. The van der Waals surface area contributed by atoms with Crippen LogP contribution in [0.1, 0.15) is 0 Å². The number of benzene rings is 2. The van der Waals surface area contributed by atoms with Crippen LogP contribution in [0.15, 0.2) is 36.7 Å². The molecule has 0 fully saturated rings. The number of nitrogens with zero attached hydrogens (tertiary/aromatic N) is 4. The fourth-order valence-electron chi connectivity index (χ4n) is 2.66. The van der Waals surface area contributed by atoms with E-state index in [-0.39, 0.29) is 11.4 Å². The third-order valence-corrected chi connectivity index (χ3v) is 4.75. The van der Waals surface area contributed by atoms with Gasteiger partial charge in [0.25, 0.3) is 0 Å². The molecule has 27 heavy (non-hydrogen) atoms. The molecule has 0 saturated carbocycles. The summed E-state index contributed by atoms with van der Waals surface area (Å²) in [6, 6.07) is 7.44. The lowest BCUT2D eigenvalue weighted by molar-refractivity contribution is -0.274. The highest BCUT2D eigenvalue weighted by molar-refractivity contribution is 7.22. The zero-order valence-electron chi connectivity index (χ0n) is 13.7. The summed E-state index contributed by atoms with van der Waals surface area (Å²) in [7, 11) is 1.86. The molecule has 0 saturated heterocycles. The van der Waals surface area contributed by atoms with Gasteiger partial charge in [-0.2, -0.15) is 0 Å². The van der Waals surface area contributed by atoms with Gasteiger partial charge in [-0.3, -0.25) is 0 Å². The van der Waals surface area contributed by atoms with Crippen molar-refractivity contribution in [3.05, 3.63) is 48.1 Å². The Morgan fingerprint density at radius 2 is 2.04 bits per heavy atom. The minimum absolute atomic E-state index is 0.0112. The van der Waals surface area contributed by atoms with Gasteiger partial charge in [0.05, 0.1) is 28.8 Å². The van der Waals surface area contributed by atoms with Gasteiger partial charge in [0, 0.05) is 7.05 Å². The van der Waals surface area contributed by atoms with Crippen molar-refractivity contribution in [3.8, 4) is 5.75 Å². The molecule has 0 aliphatic carbocycles. The molecule has 4 aromatic rings. The third-order valence-electron chi connectivity index (χ3n) is 3.81. The number of fused-ring (bicyclic) bond motifs is 3. The second-order valence-electron chi connectivity index (χ2n) is 5.62. The van der Waals surface area contributed by atoms with Gasteiger partial charge in [0.1, 0.15) is 16.8 Å². The first-order valence-electron chi connectivity index (χ1n) is 7.59. The van der Waals surface area contributed by atoms with Crippen LogP contribution in [-0.4, -0.2) is 20.9 Å². The second kappa shape index (κ2) is 6.14. The molecule has 10 heteroatoms. The summed E-state index contributed by atoms with van der Waals surface area (Å²) < 4.78 is 44.7. The van der Waals surface area contributed by atoms with Crippen LogP contribution in [-0.2, 0) is 7.05 Å². The zero-order valence-corrected chi connectivity index (χ0v) is 14.5. The SMILES string of the molecule is [C-]#[N+]c1ccc(OC(F)(F)F)c(Nc2nc3c(ccc4c3ncn4C)s2)c1. The maximum absolute atomic E-state index is 12.7. The van der Waals surface area contributed by atoms with Crippen LogP contribution in [0.25, 0.3) is 26.1 Å². The summed E-state index contributed by atoms with van der Waals surface area (Å²) in [5, 5.41) is 3.21. The number of ether oxygens (including phenoxy) is 1. The van der Waals surface area contributed by atoms with Crippen molar-refractivity contribution in [2.24, 2.45) is 7.05 Å². The van der Waals surface area contributed by atoms with Crippen molar-refractivity contribution < 1.29 is 17.9 Å². The van der Waals surface area contributed by atoms with Crippen LogP contribution < -0.4 is 10.1 Å². The van der Waals surface area contributed by atoms with Gasteiger partial charge in [-0.05, 0) is 24.3 Å². The number of aryl methyl sites for hydroxylation is 1. The van der Waals surface area contributed by atoms with Gasteiger partial charge in [-0.1, -0.05) is 17.4 Å². The molecule has 2 aromatic carbocycles. The van der Waals surface area contributed by atoms with Crippen LogP contribution in [0.5, 0.6) is 5.75 Å². The number of nitrogens with one attached hydrogen (secondary N) is 1. The highest BCUT2D eigenvalue weighted by atomic mass is 32.1. The van der Waals surface area contributed by atoms with Crippen LogP contribution >= 0.6 is 11.3 Å². The summed E-state index contributed by atoms with van der Waals surface area (Å²) in [5.74, 6) is -0.433. The van der Waals surface area contributed by atoms with Gasteiger partial charge in [0.15, 0.2) is 10.8 Å². The molecule has 0 aliphatic heterocycles. The second-order valence-corrected chi connectivity index (χ2v) is 6.65. The fraction of sp³-hybridized carbons (Fsp3) is 0.118. The number of halogens is 3. The monoisotopic (exact) mass is 389 g/mol. The van der Waals surface area contributed by atoms with Gasteiger partial charge < -0.3 is 14.6 Å². The Bertz CT molecular complexity index is 1210. The number of aromatic nitrogens is 3. The molecule has 4 rings (SSSR count). The number of thiazole rings is 1. The van der Waals surface area contributed by atoms with E-state index in [4.69, 9.17) is 6.57 Å². The molecule has 0 amide bonds. The lowest BCUT2D eigenvalue weighted by Crippen LogP contribution is -2.17. The van der Waals surface area contributed by atoms with E-state index >= 15 is 0 Å². The first kappa shape index (κ1) is 17.1. The number of imidazole rings is 1. The van der Waals surface area contributed by atoms with E-state index in [2.05, 4.69) is 24.9 Å². The Morgan fingerprint density at radius 3 is 2.78 bits per heavy atom. The van der Waals surface area contributed by atoms with Crippen LogP contribution in [0.2, 0.25) is 0 Å². The Balaban J connectivity index is 1.77. The van der Waals surface area contributed by atoms with E-state index in [1.165, 1.54) is 23.5 Å². The van der Waals surface area contributed by atoms with Gasteiger partial charge in [-0.15, -0.1) is 13.2 Å². The summed E-state index contributed by atoms with van der Waals surface area (Å²) in [6.45, 7) is 7.06. The molecular weight excluding hydrogens is 379 g/mol. The smallest absolute Gasteiger partial charge is 0.404 e. The first-order valence-corrected chi connectivity index (χ1v) is 8.40. The summed E-state index contributed by atoms with van der Waals surface area (Å²) >= 11 is 1.27. The lowest BCUT2D eigenvalue weighted by Gasteiger charge is -2.13. The number of rotatable bonds is 3. The Kier molecular flexibility index (Phi) is 3.89. The molecule has 0 radical (unpaired) electrons. The topological polar surface area (TPSA) is 56.3 Å². The summed E-state index contributed by atoms with van der Waals surface area (Å²) in [4.78, 5) is 12.0. The summed E-state index contributed by atoms with van der Waals surface area (Å²) in [5.41, 5.74) is 2.45. The molecule has 0 aliphatic rings. The molecule has 2 aromatic heterocycles. The van der Waals surface area contributed by atoms with Crippen molar-refractivity contribution in [3.63, 3.8) is 0 Å². The Hall–Kier alpha value is -3.32. The number of alkyl halides is 3. The van der Waals surface area contributed by atoms with Crippen molar-refractivity contribution in [1.82, 2.24) is 14.5 Å². The lowest BCUT2D eigenvalue weighted by atomic mass is 10.2. The van der Waals surface area contributed by atoms with E-state index in [0.29, 0.717) is 16.2 Å². The van der Waals surface area contributed by atoms with Crippen LogP contribution in [0, 0.1) is 6.57 Å². The minimum Gasteiger partial charge on any atom is -0.404 e. The van der Waals surface area contributed by atoms with Crippen molar-refractivity contribution in [2.75, 3.05) is 5.32 Å². The molecule has 6 nitrogen and oxygen atoms in total.